The maximum atomic E-state index is 12.6. The number of halogens is 1. The number of benzene rings is 2. The van der Waals surface area contributed by atoms with E-state index in [4.69, 9.17) is 16.1 Å². The summed E-state index contributed by atoms with van der Waals surface area (Å²) in [6.45, 7) is 5.79. The second-order valence-corrected chi connectivity index (χ2v) is 11.6. The van der Waals surface area contributed by atoms with Crippen molar-refractivity contribution in [2.45, 2.75) is 32.0 Å². The van der Waals surface area contributed by atoms with Crippen LogP contribution in [0.1, 0.15) is 28.3 Å². The Kier molecular flexibility index (Phi) is 6.39. The van der Waals surface area contributed by atoms with Gasteiger partial charge in [0.2, 0.25) is 6.21 Å². The predicted molar refractivity (Wildman–Crippen MR) is 104 cm³/mol. The summed E-state index contributed by atoms with van der Waals surface area (Å²) in [5.74, 6) is -0.419. The van der Waals surface area contributed by atoms with E-state index in [9.17, 15) is 10.0 Å². The highest BCUT2D eigenvalue weighted by Crippen LogP contribution is 2.22. The van der Waals surface area contributed by atoms with Gasteiger partial charge < -0.3 is 4.53 Å². The minimum absolute atomic E-state index is 0.0294. The van der Waals surface area contributed by atoms with Gasteiger partial charge in [-0.1, -0.05) is 73.7 Å². The van der Waals surface area contributed by atoms with Gasteiger partial charge >= 0.3 is 0 Å². The van der Waals surface area contributed by atoms with Gasteiger partial charge in [-0.15, -0.1) is 0 Å². The van der Waals surface area contributed by atoms with Crippen molar-refractivity contribution in [3.63, 3.8) is 0 Å². The number of hydrogen-bond acceptors (Lipinski definition) is 3. The zero-order valence-corrected chi connectivity index (χ0v) is 16.4. The van der Waals surface area contributed by atoms with Gasteiger partial charge in [-0.3, -0.25) is 10.0 Å². The van der Waals surface area contributed by atoms with Crippen molar-refractivity contribution in [3.05, 3.63) is 76.0 Å². The Morgan fingerprint density at radius 1 is 1.16 bits per heavy atom. The van der Waals surface area contributed by atoms with Crippen LogP contribution < -0.4 is 0 Å². The van der Waals surface area contributed by atoms with E-state index in [1.807, 2.05) is 50.0 Å². The van der Waals surface area contributed by atoms with Crippen LogP contribution in [0.25, 0.3) is 0 Å². The van der Waals surface area contributed by atoms with Crippen LogP contribution in [-0.4, -0.2) is 25.2 Å². The maximum Gasteiger partial charge on any atom is 0.217 e. The van der Waals surface area contributed by atoms with Crippen LogP contribution in [0.4, 0.5) is 0 Å². The van der Waals surface area contributed by atoms with Crippen LogP contribution in [0.2, 0.25) is 24.7 Å². The van der Waals surface area contributed by atoms with Gasteiger partial charge in [-0.25, -0.2) is 0 Å². The number of rotatable bonds is 7. The highest BCUT2D eigenvalue weighted by atomic mass is 35.5. The molecular weight excluding hydrogens is 354 g/mol. The number of ketones is 1. The zero-order chi connectivity index (χ0) is 18.4. The maximum absolute atomic E-state index is 12.6. The summed E-state index contributed by atoms with van der Waals surface area (Å²) in [5.41, 5.74) is 1.46. The fourth-order valence-electron chi connectivity index (χ4n) is 2.36. The molecule has 0 heterocycles. The fourth-order valence-corrected chi connectivity index (χ4v) is 3.08. The van der Waals surface area contributed by atoms with E-state index in [2.05, 4.69) is 0 Å². The smallest absolute Gasteiger partial charge is 0.217 e. The van der Waals surface area contributed by atoms with Crippen molar-refractivity contribution >= 4 is 31.9 Å². The molecule has 0 N–H and O–H groups in total. The molecule has 0 aliphatic carbocycles. The number of hydrogen-bond donors (Lipinski definition) is 0. The molecule has 0 aliphatic heterocycles. The molecule has 2 aromatic rings. The first kappa shape index (κ1) is 19.2. The van der Waals surface area contributed by atoms with E-state index >= 15 is 0 Å². The highest BCUT2D eigenvalue weighted by molar-refractivity contribution is 6.69. The second kappa shape index (κ2) is 8.32. The topological polar surface area (TPSA) is 52.4 Å². The Morgan fingerprint density at radius 2 is 1.76 bits per heavy atom. The lowest BCUT2D eigenvalue weighted by Crippen LogP contribution is -2.31. The molecule has 1 atom stereocenters. The molecule has 0 saturated heterocycles. The van der Waals surface area contributed by atoms with Crippen LogP contribution in [0.5, 0.6) is 0 Å². The zero-order valence-electron chi connectivity index (χ0n) is 14.6. The monoisotopic (exact) mass is 375 g/mol. The highest BCUT2D eigenvalue weighted by Gasteiger charge is 2.22. The third kappa shape index (κ3) is 6.36. The minimum Gasteiger partial charge on any atom is -0.444 e. The standard InChI is InChI=1S/C19H22ClNO3Si/c1-25(2,3)24-21(23)14-17(15-9-11-18(20)12-10-15)13-19(22)16-7-5-4-6-8-16/h4-12,14,17H,13H2,1-3H3/b21-14+. The fraction of sp³-hybridized carbons (Fsp3) is 0.263. The summed E-state index contributed by atoms with van der Waals surface area (Å²) < 4.78 is 5.42. The molecule has 2 aromatic carbocycles. The molecule has 0 aromatic heterocycles. The van der Waals surface area contributed by atoms with Gasteiger partial charge in [0.05, 0.1) is 5.92 Å². The molecule has 0 spiro atoms. The molecule has 6 heteroatoms. The molecule has 1 unspecified atom stereocenters. The summed E-state index contributed by atoms with van der Waals surface area (Å²) in [4.78, 5) is 13.1. The van der Waals surface area contributed by atoms with Crippen LogP contribution in [0.15, 0.2) is 54.6 Å². The molecule has 0 aliphatic rings. The molecule has 0 saturated carbocycles. The first-order valence-corrected chi connectivity index (χ1v) is 11.9. The Balaban J connectivity index is 2.27. The number of Topliss-reactive ketones (excluding diaryl/α,β-unsaturated/α-hetero) is 1. The summed E-state index contributed by atoms with van der Waals surface area (Å²) >= 11 is 5.94. The normalized spacial score (nSPS) is 13.4. The third-order valence-corrected chi connectivity index (χ3v) is 4.44. The molecule has 0 fully saturated rings. The molecule has 25 heavy (non-hydrogen) atoms. The average molecular weight is 376 g/mol. The number of carbonyl (C=O) groups is 1. The van der Waals surface area contributed by atoms with Crippen molar-refractivity contribution in [1.82, 2.24) is 0 Å². The van der Waals surface area contributed by atoms with Crippen molar-refractivity contribution in [1.29, 1.82) is 0 Å². The van der Waals surface area contributed by atoms with E-state index in [-0.39, 0.29) is 18.1 Å². The van der Waals surface area contributed by atoms with Gasteiger partial charge in [0.15, 0.2) is 14.1 Å². The van der Waals surface area contributed by atoms with Crippen molar-refractivity contribution < 1.29 is 14.2 Å². The van der Waals surface area contributed by atoms with Crippen molar-refractivity contribution in [3.8, 4) is 0 Å². The van der Waals surface area contributed by atoms with E-state index in [1.165, 1.54) is 6.21 Å². The Hall–Kier alpha value is -2.11. The van der Waals surface area contributed by atoms with Crippen molar-refractivity contribution in [2.75, 3.05) is 0 Å². The summed E-state index contributed by atoms with van der Waals surface area (Å²) in [6, 6.07) is 16.2. The van der Waals surface area contributed by atoms with E-state index in [1.54, 1.807) is 24.3 Å². The Bertz CT molecular complexity index is 740. The first-order chi connectivity index (χ1) is 11.7. The summed E-state index contributed by atoms with van der Waals surface area (Å²) in [5, 5.41) is 12.8. The summed E-state index contributed by atoms with van der Waals surface area (Å²) in [6.07, 6.45) is 1.60. The van der Waals surface area contributed by atoms with Gasteiger partial charge in [0.1, 0.15) is 0 Å². The van der Waals surface area contributed by atoms with E-state index in [0.29, 0.717) is 15.5 Å². The molecule has 0 bridgehead atoms. The molecule has 2 rings (SSSR count). The number of carbonyl (C=O) groups excluding carboxylic acids is 1. The van der Waals surface area contributed by atoms with Gasteiger partial charge in [-0.05, 0) is 17.7 Å². The molecule has 4 nitrogen and oxygen atoms in total. The summed E-state index contributed by atoms with van der Waals surface area (Å²) in [7, 11) is -2.02. The average Bonchev–Trinajstić information content (AvgIpc) is 2.54. The predicted octanol–water partition coefficient (Wildman–Crippen LogP) is 5.04. The Labute approximate surface area is 154 Å². The van der Waals surface area contributed by atoms with Crippen molar-refractivity contribution in [2.24, 2.45) is 0 Å². The molecule has 0 radical (unpaired) electrons. The lowest BCUT2D eigenvalue weighted by molar-refractivity contribution is -0.701. The number of nitrogens with zero attached hydrogens (tertiary/aromatic N) is 1. The quantitative estimate of drug-likeness (QED) is 0.224. The third-order valence-electron chi connectivity index (χ3n) is 3.46. The molecule has 132 valence electrons. The van der Waals surface area contributed by atoms with Crippen LogP contribution >= 0.6 is 11.6 Å². The van der Waals surface area contributed by atoms with Crippen LogP contribution in [0.3, 0.4) is 0 Å². The molecule has 0 amide bonds. The lowest BCUT2D eigenvalue weighted by Gasteiger charge is -2.20. The molecular formula is C19H22ClNO3Si. The van der Waals surface area contributed by atoms with E-state index < -0.39 is 8.32 Å². The largest absolute Gasteiger partial charge is 0.444 e. The lowest BCUT2D eigenvalue weighted by atomic mass is 9.92. The van der Waals surface area contributed by atoms with E-state index in [0.717, 1.165) is 5.56 Å². The van der Waals surface area contributed by atoms with Gasteiger partial charge in [0, 0.05) is 21.9 Å². The van der Waals surface area contributed by atoms with Crippen LogP contribution in [-0.2, 0) is 4.53 Å². The minimum atomic E-state index is -2.02. The van der Waals surface area contributed by atoms with Crippen LogP contribution in [0, 0.1) is 5.21 Å². The first-order valence-electron chi connectivity index (χ1n) is 8.09. The Morgan fingerprint density at radius 3 is 2.32 bits per heavy atom. The second-order valence-electron chi connectivity index (χ2n) is 6.79. The SMILES string of the molecule is C[Si](C)(C)O/[N+]([O-])=C/C(CC(=O)c1ccccc1)c1ccc(Cl)cc1. The van der Waals surface area contributed by atoms with Gasteiger partial charge in [0.25, 0.3) is 0 Å². The van der Waals surface area contributed by atoms with Gasteiger partial charge in [-0.2, -0.15) is 0 Å².